The van der Waals surface area contributed by atoms with Gasteiger partial charge in [-0.05, 0) is 144 Å². The van der Waals surface area contributed by atoms with Crippen molar-refractivity contribution in [3.05, 3.63) is 336 Å². The Bertz CT molecular complexity index is 6320. The number of phenolic OH excluding ortho intramolecular Hbond substituents is 2. The maximum Gasteiger partial charge on any atom is 0.148 e. The van der Waals surface area contributed by atoms with Crippen molar-refractivity contribution >= 4 is 22.1 Å². The van der Waals surface area contributed by atoms with Crippen LogP contribution in [0.5, 0.6) is 11.5 Å². The third kappa shape index (κ3) is 13.5. The Labute approximate surface area is 686 Å². The summed E-state index contributed by atoms with van der Waals surface area (Å²) in [6.45, 7) is 29.3. The first-order valence-corrected chi connectivity index (χ1v) is 38.1. The maximum absolute atomic E-state index is 11.4. The van der Waals surface area contributed by atoms with E-state index in [9.17, 15) is 10.2 Å². The summed E-state index contributed by atoms with van der Waals surface area (Å²) in [6, 6.07) is 102. The number of hydrogen-bond donors (Lipinski definition) is 2. The maximum atomic E-state index is 11.4. The van der Waals surface area contributed by atoms with Crippen LogP contribution in [0.2, 0.25) is 0 Å². The van der Waals surface area contributed by atoms with E-state index in [-0.39, 0.29) is 80.7 Å². The van der Waals surface area contributed by atoms with Crippen LogP contribution < -0.4 is 0 Å². The molecule has 0 unspecified atom stereocenters. The van der Waals surface area contributed by atoms with Crippen molar-refractivity contribution in [3.63, 3.8) is 0 Å². The molecule has 18 rings (SSSR count). The predicted molar refractivity (Wildman–Crippen MR) is 453 cm³/mol. The smallest absolute Gasteiger partial charge is 0.148 e. The van der Waals surface area contributed by atoms with Crippen LogP contribution in [0.25, 0.3) is 145 Å². The van der Waals surface area contributed by atoms with E-state index in [4.69, 9.17) is 19.9 Å². The third-order valence-corrected chi connectivity index (χ3v) is 22.6. The van der Waals surface area contributed by atoms with Crippen LogP contribution in [-0.2, 0) is 69.2 Å². The normalized spacial score (nSPS) is 13.1. The Morgan fingerprint density at radius 1 is 0.304 bits per heavy atom. The molecule has 0 fully saturated rings. The summed E-state index contributed by atoms with van der Waals surface area (Å²) in [5, 5.41) is 22.6. The van der Waals surface area contributed by atoms with Crippen LogP contribution in [0.1, 0.15) is 129 Å². The molecule has 4 heterocycles. The van der Waals surface area contributed by atoms with Crippen LogP contribution in [0, 0.1) is 12.1 Å². The minimum Gasteiger partial charge on any atom is -0.507 e. The fraction of sp³-hybridized carbons (Fsp3) is 0.176. The van der Waals surface area contributed by atoms with Gasteiger partial charge in [-0.2, -0.15) is 0 Å². The first-order valence-electron chi connectivity index (χ1n) is 38.1. The standard InChI is InChI=1S/C53H48N3O.C49H40N3O.2Pt/c1-51(2,3)36-25-26-46(41(30-36)33-17-10-9-11-18-33)56-47-23-16-21-38(49(47)55-50(56)40-20-13-15-24-48(40)57)34-27-35(29-37(28-34)52(4,5)6)45-31-42-39-19-12-14-22-43(39)53(7,8)44(42)32-54-45;1-48(2,3)34-25-26-43(38(28-34)31-15-7-6-8-16-31)52-44-23-14-21-35(46(44)51-47(52)37-20-10-12-24-45(37)53)32-17-13-18-33(27-32)42-29-39-36-19-9-11-22-40(36)49(4,5)41(39)30-50-42;;/h9-26,28-32,57H,1-8H3;6-26,28-30,53H,1-5H3;;/q2*-1;;. The summed E-state index contributed by atoms with van der Waals surface area (Å²) in [5.74, 6) is 1.70. The van der Waals surface area contributed by atoms with Gasteiger partial charge in [0.05, 0.1) is 44.6 Å². The number of nitrogens with zero attached hydrogens (tertiary/aromatic N) is 6. The van der Waals surface area contributed by atoms with Gasteiger partial charge in [0.1, 0.15) is 23.1 Å². The van der Waals surface area contributed by atoms with Crippen molar-refractivity contribution in [2.45, 2.75) is 117 Å². The Morgan fingerprint density at radius 3 is 1.12 bits per heavy atom. The van der Waals surface area contributed by atoms with E-state index < -0.39 is 0 Å². The number of benzene rings is 12. The fourth-order valence-electron chi connectivity index (χ4n) is 16.4. The predicted octanol–water partition coefficient (Wildman–Crippen LogP) is 25.7. The van der Waals surface area contributed by atoms with Gasteiger partial charge in [-0.1, -0.05) is 294 Å². The van der Waals surface area contributed by atoms with Crippen LogP contribution >= 0.6 is 0 Å². The zero-order chi connectivity index (χ0) is 76.3. The summed E-state index contributed by atoms with van der Waals surface area (Å²) in [7, 11) is 0. The number of aromatic nitrogens is 6. The monoisotopic (exact) mass is 1820 g/mol. The average Bonchev–Trinajstić information content (AvgIpc) is 1.57. The van der Waals surface area contributed by atoms with E-state index >= 15 is 0 Å². The summed E-state index contributed by atoms with van der Waals surface area (Å²) in [5.41, 5.74) is 32.1. The van der Waals surface area contributed by atoms with Gasteiger partial charge < -0.3 is 10.2 Å². The minimum absolute atomic E-state index is 0. The third-order valence-electron chi connectivity index (χ3n) is 22.6. The van der Waals surface area contributed by atoms with E-state index in [1.807, 2.05) is 48.7 Å². The molecule has 2 aliphatic carbocycles. The number of phenols is 2. The van der Waals surface area contributed by atoms with Gasteiger partial charge in [-0.15, -0.1) is 59.2 Å². The fourth-order valence-corrected chi connectivity index (χ4v) is 16.4. The van der Waals surface area contributed by atoms with Crippen molar-refractivity contribution in [1.29, 1.82) is 0 Å². The topological polar surface area (TPSA) is 102 Å². The molecule has 12 aromatic carbocycles. The van der Waals surface area contributed by atoms with Gasteiger partial charge in [0, 0.05) is 87.9 Å². The van der Waals surface area contributed by atoms with Gasteiger partial charge in [-0.25, -0.2) is 9.97 Å². The second kappa shape index (κ2) is 29.2. The van der Waals surface area contributed by atoms with Crippen molar-refractivity contribution < 1.29 is 52.3 Å². The first-order chi connectivity index (χ1) is 52.8. The van der Waals surface area contributed by atoms with Crippen LogP contribution in [0.15, 0.2) is 285 Å². The number of fused-ring (bicyclic) bond motifs is 8. The van der Waals surface area contributed by atoms with E-state index in [1.165, 1.54) is 61.2 Å². The van der Waals surface area contributed by atoms with Gasteiger partial charge in [0.2, 0.25) is 0 Å². The second-order valence-electron chi connectivity index (χ2n) is 33.6. The van der Waals surface area contributed by atoms with Gasteiger partial charge in [0.25, 0.3) is 0 Å². The molecule has 0 aliphatic heterocycles. The SMILES string of the molecule is CC(C)(C)c1cc(-c2cc3c(cn2)C(C)(C)c2ccccc2-3)[c-]c(-c2cccc3c2nc(-c2ccccc2O)n3-c2ccc(C(C)(C)C)cc2-c2ccccc2)c1.CC(C)(C)c1ccc(-n2c(-c3ccccc3O)nc3c(-c4[c-]c(-c5cc6c(cn5)C(C)(C)c5ccccc5-6)ccc4)cccc32)c(-c2ccccc2)c1.[Pt].[Pt]. The molecule has 560 valence electrons. The van der Waals surface area contributed by atoms with Crippen molar-refractivity contribution in [1.82, 2.24) is 29.1 Å². The largest absolute Gasteiger partial charge is 0.507 e. The van der Waals surface area contributed by atoms with Crippen molar-refractivity contribution in [3.8, 4) is 135 Å². The summed E-state index contributed by atoms with van der Waals surface area (Å²) in [6.07, 6.45) is 4.11. The molecule has 4 aromatic heterocycles. The van der Waals surface area contributed by atoms with Crippen molar-refractivity contribution in [2.24, 2.45) is 0 Å². The molecule has 0 bridgehead atoms. The van der Waals surface area contributed by atoms with E-state index in [0.717, 1.165) is 100 Å². The van der Waals surface area contributed by atoms with Gasteiger partial charge >= 0.3 is 0 Å². The Balaban J connectivity index is 0.000000174. The Morgan fingerprint density at radius 2 is 0.670 bits per heavy atom. The van der Waals surface area contributed by atoms with Gasteiger partial charge in [-0.3, -0.25) is 19.1 Å². The van der Waals surface area contributed by atoms with Crippen molar-refractivity contribution in [2.75, 3.05) is 0 Å². The first kappa shape index (κ1) is 76.2. The van der Waals surface area contributed by atoms with E-state index in [0.29, 0.717) is 22.8 Å². The molecular weight excluding hydrogens is 1730 g/mol. The molecule has 0 saturated carbocycles. The van der Waals surface area contributed by atoms with E-state index in [1.54, 1.807) is 12.1 Å². The number of para-hydroxylation sites is 4. The zero-order valence-electron chi connectivity index (χ0n) is 65.3. The quantitative estimate of drug-likeness (QED) is 0.132. The summed E-state index contributed by atoms with van der Waals surface area (Å²) in [4.78, 5) is 20.9. The molecule has 112 heavy (non-hydrogen) atoms. The number of hydrogen-bond acceptors (Lipinski definition) is 6. The van der Waals surface area contributed by atoms with E-state index in [2.05, 4.69) is 336 Å². The molecule has 2 aliphatic rings. The molecule has 0 spiro atoms. The number of rotatable bonds is 10. The van der Waals surface area contributed by atoms with Crippen LogP contribution in [0.3, 0.4) is 0 Å². The van der Waals surface area contributed by atoms with Crippen LogP contribution in [-0.4, -0.2) is 39.3 Å². The number of pyridine rings is 2. The average molecular weight is 1820 g/mol. The molecule has 2 N–H and O–H groups in total. The van der Waals surface area contributed by atoms with Gasteiger partial charge in [0.15, 0.2) is 0 Å². The zero-order valence-corrected chi connectivity index (χ0v) is 69.9. The Kier molecular flexibility index (Phi) is 19.9. The molecule has 10 heteroatoms. The van der Waals surface area contributed by atoms with Crippen LogP contribution in [0.4, 0.5) is 0 Å². The molecule has 8 nitrogen and oxygen atoms in total. The minimum atomic E-state index is -0.141. The Hall–Kier alpha value is -11.1. The molecule has 0 amide bonds. The molecular formula is C102H88N6O2Pt2-2. The molecule has 0 saturated heterocycles. The second-order valence-corrected chi connectivity index (χ2v) is 33.6. The summed E-state index contributed by atoms with van der Waals surface area (Å²) >= 11 is 0. The molecule has 16 aromatic rings. The summed E-state index contributed by atoms with van der Waals surface area (Å²) < 4.78 is 4.42. The molecule has 0 atom stereocenters. The molecule has 0 radical (unpaired) electrons. The number of aromatic hydroxyl groups is 2. The number of imidazole rings is 2.